The summed E-state index contributed by atoms with van der Waals surface area (Å²) in [5.74, 6) is 1.99. The molecule has 1 aromatic rings. The molecule has 1 atom stereocenters. The molecular formula is C16H25N3O2S. The summed E-state index contributed by atoms with van der Waals surface area (Å²) in [6.07, 6.45) is 5.46. The summed E-state index contributed by atoms with van der Waals surface area (Å²) in [7, 11) is -0.880. The van der Waals surface area contributed by atoms with E-state index < -0.39 is 10.8 Å². The van der Waals surface area contributed by atoms with E-state index in [2.05, 4.69) is 31.2 Å². The second-order valence-corrected chi connectivity index (χ2v) is 8.87. The number of aromatic nitrogens is 2. The Bertz CT molecular complexity index is 610. The lowest BCUT2D eigenvalue weighted by atomic mass is 9.88. The van der Waals surface area contributed by atoms with Crippen LogP contribution in [0.2, 0.25) is 0 Å². The fourth-order valence-corrected chi connectivity index (χ4v) is 4.59. The first kappa shape index (κ1) is 15.7. The van der Waals surface area contributed by atoms with Crippen molar-refractivity contribution in [3.63, 3.8) is 0 Å². The molecule has 0 unspecified atom stereocenters. The molecule has 0 saturated heterocycles. The molecule has 5 nitrogen and oxygen atoms in total. The molecule has 3 rings (SSSR count). The summed E-state index contributed by atoms with van der Waals surface area (Å²) in [5, 5.41) is 7.73. The Morgan fingerprint density at radius 1 is 1.23 bits per heavy atom. The Balaban J connectivity index is 1.88. The first-order chi connectivity index (χ1) is 10.4. The van der Waals surface area contributed by atoms with E-state index in [4.69, 9.17) is 0 Å². The Morgan fingerprint density at radius 3 is 2.55 bits per heavy atom. The number of rotatable bonds is 2. The molecular weight excluding hydrogens is 298 g/mol. The first-order valence-corrected chi connectivity index (χ1v) is 9.62. The topological polar surface area (TPSA) is 64.0 Å². The summed E-state index contributed by atoms with van der Waals surface area (Å²) in [6, 6.07) is 0. The minimum Gasteiger partial charge on any atom is -0.310 e. The van der Waals surface area contributed by atoms with Crippen molar-refractivity contribution in [3.05, 3.63) is 11.3 Å². The summed E-state index contributed by atoms with van der Waals surface area (Å²) in [4.78, 5) is 12.6. The average molecular weight is 323 g/mol. The van der Waals surface area contributed by atoms with Gasteiger partial charge in [0.15, 0.2) is 0 Å². The maximum atomic E-state index is 12.6. The van der Waals surface area contributed by atoms with Crippen LogP contribution >= 0.6 is 0 Å². The zero-order valence-corrected chi connectivity index (χ0v) is 14.5. The molecule has 122 valence electrons. The Labute approximate surface area is 134 Å². The first-order valence-electron chi connectivity index (χ1n) is 8.13. The van der Waals surface area contributed by atoms with Gasteiger partial charge in [0, 0.05) is 22.3 Å². The van der Waals surface area contributed by atoms with Crippen molar-refractivity contribution in [1.82, 2.24) is 9.78 Å². The van der Waals surface area contributed by atoms with E-state index in [1.54, 1.807) is 0 Å². The molecule has 6 heteroatoms. The standard InChI is InChI=1S/C16H25N3O2S/c1-16(2,3)19-14(12-9-22(21)10-13(12)18-19)17-15(20)11-7-5-4-6-8-11/h11H,4-10H2,1-3H3,(H,17,20)/t22-/m1/s1. The second kappa shape index (κ2) is 5.80. The van der Waals surface area contributed by atoms with Gasteiger partial charge < -0.3 is 5.32 Å². The van der Waals surface area contributed by atoms with Crippen LogP contribution in [0.25, 0.3) is 0 Å². The molecule has 1 aromatic heterocycles. The zero-order valence-electron chi connectivity index (χ0n) is 13.6. The predicted molar refractivity (Wildman–Crippen MR) is 88.0 cm³/mol. The molecule has 2 heterocycles. The number of hydrogen-bond donors (Lipinski definition) is 1. The molecule has 1 amide bonds. The molecule has 0 spiro atoms. The van der Waals surface area contributed by atoms with Crippen molar-refractivity contribution in [2.24, 2.45) is 5.92 Å². The highest BCUT2D eigenvalue weighted by Crippen LogP contribution is 2.34. The highest BCUT2D eigenvalue weighted by atomic mass is 32.2. The molecule has 22 heavy (non-hydrogen) atoms. The van der Waals surface area contributed by atoms with Gasteiger partial charge in [-0.2, -0.15) is 5.10 Å². The number of nitrogens with zero attached hydrogens (tertiary/aromatic N) is 2. The number of nitrogens with one attached hydrogen (secondary N) is 1. The van der Waals surface area contributed by atoms with Crippen LogP contribution in [0.5, 0.6) is 0 Å². The van der Waals surface area contributed by atoms with Gasteiger partial charge in [-0.15, -0.1) is 0 Å². The van der Waals surface area contributed by atoms with Gasteiger partial charge in [-0.1, -0.05) is 19.3 Å². The lowest BCUT2D eigenvalue weighted by molar-refractivity contribution is -0.120. The third-order valence-electron chi connectivity index (χ3n) is 4.52. The molecule has 1 fully saturated rings. The highest BCUT2D eigenvalue weighted by Gasteiger charge is 2.32. The highest BCUT2D eigenvalue weighted by molar-refractivity contribution is 7.83. The molecule has 1 aliphatic carbocycles. The molecule has 0 radical (unpaired) electrons. The van der Waals surface area contributed by atoms with Crippen molar-refractivity contribution in [2.75, 3.05) is 5.32 Å². The fraction of sp³-hybridized carbons (Fsp3) is 0.750. The lowest BCUT2D eigenvalue weighted by Crippen LogP contribution is -2.30. The molecule has 1 aliphatic heterocycles. The van der Waals surface area contributed by atoms with Gasteiger partial charge >= 0.3 is 0 Å². The number of carbonyl (C=O) groups is 1. The van der Waals surface area contributed by atoms with Crippen molar-refractivity contribution in [3.8, 4) is 0 Å². The summed E-state index contributed by atoms with van der Waals surface area (Å²) < 4.78 is 13.7. The molecule has 1 saturated carbocycles. The predicted octanol–water partition coefficient (Wildman–Crippen LogP) is 2.92. The van der Waals surface area contributed by atoms with Crippen molar-refractivity contribution >= 4 is 22.5 Å². The van der Waals surface area contributed by atoms with E-state index in [-0.39, 0.29) is 17.4 Å². The number of hydrogen-bond acceptors (Lipinski definition) is 3. The Hall–Kier alpha value is -1.17. The largest absolute Gasteiger partial charge is 0.310 e. The number of amides is 1. The van der Waals surface area contributed by atoms with Crippen LogP contribution in [0.15, 0.2) is 0 Å². The van der Waals surface area contributed by atoms with Crippen LogP contribution in [-0.4, -0.2) is 19.9 Å². The van der Waals surface area contributed by atoms with Crippen LogP contribution in [-0.2, 0) is 32.6 Å². The van der Waals surface area contributed by atoms with E-state index in [0.29, 0.717) is 11.5 Å². The minimum atomic E-state index is -0.880. The Morgan fingerprint density at radius 2 is 1.91 bits per heavy atom. The number of anilines is 1. The van der Waals surface area contributed by atoms with E-state index in [9.17, 15) is 9.00 Å². The normalized spacial score (nSPS) is 22.6. The second-order valence-electron chi connectivity index (χ2n) is 7.41. The van der Waals surface area contributed by atoms with Gasteiger partial charge in [-0.25, -0.2) is 4.68 Å². The third-order valence-corrected chi connectivity index (χ3v) is 5.73. The lowest BCUT2D eigenvalue weighted by Gasteiger charge is -2.25. The average Bonchev–Trinajstić information content (AvgIpc) is 2.97. The van der Waals surface area contributed by atoms with Gasteiger partial charge in [-0.3, -0.25) is 9.00 Å². The van der Waals surface area contributed by atoms with Crippen LogP contribution in [0.3, 0.4) is 0 Å². The maximum absolute atomic E-state index is 12.6. The fourth-order valence-electron chi connectivity index (χ4n) is 3.33. The van der Waals surface area contributed by atoms with Gasteiger partial charge in [-0.05, 0) is 33.6 Å². The van der Waals surface area contributed by atoms with Crippen LogP contribution in [0.4, 0.5) is 5.82 Å². The van der Waals surface area contributed by atoms with E-state index in [1.807, 2.05) is 4.68 Å². The maximum Gasteiger partial charge on any atom is 0.228 e. The van der Waals surface area contributed by atoms with Crippen molar-refractivity contribution in [2.45, 2.75) is 69.9 Å². The number of carbonyl (C=O) groups excluding carboxylic acids is 1. The van der Waals surface area contributed by atoms with Gasteiger partial charge in [0.25, 0.3) is 0 Å². The molecule has 0 aromatic carbocycles. The molecule has 2 aliphatic rings. The summed E-state index contributed by atoms with van der Waals surface area (Å²) >= 11 is 0. The van der Waals surface area contributed by atoms with Crippen LogP contribution in [0.1, 0.15) is 64.1 Å². The van der Waals surface area contributed by atoms with Crippen LogP contribution in [0, 0.1) is 5.92 Å². The Kier molecular flexibility index (Phi) is 4.14. The minimum absolute atomic E-state index is 0.102. The molecule has 1 N–H and O–H groups in total. The van der Waals surface area contributed by atoms with Gasteiger partial charge in [0.05, 0.1) is 22.7 Å². The smallest absolute Gasteiger partial charge is 0.228 e. The monoisotopic (exact) mass is 323 g/mol. The zero-order chi connectivity index (χ0) is 15.9. The van der Waals surface area contributed by atoms with E-state index in [0.717, 1.165) is 42.8 Å². The number of fused-ring (bicyclic) bond motifs is 1. The van der Waals surface area contributed by atoms with Crippen LogP contribution < -0.4 is 5.32 Å². The van der Waals surface area contributed by atoms with Gasteiger partial charge in [0.1, 0.15) is 5.82 Å². The van der Waals surface area contributed by atoms with Crippen molar-refractivity contribution < 1.29 is 9.00 Å². The quantitative estimate of drug-likeness (QED) is 0.910. The van der Waals surface area contributed by atoms with Crippen molar-refractivity contribution in [1.29, 1.82) is 0 Å². The van der Waals surface area contributed by atoms with Gasteiger partial charge in [0.2, 0.25) is 5.91 Å². The molecule has 0 bridgehead atoms. The summed E-state index contributed by atoms with van der Waals surface area (Å²) in [5.41, 5.74) is 1.64. The summed E-state index contributed by atoms with van der Waals surface area (Å²) in [6.45, 7) is 6.22. The third kappa shape index (κ3) is 2.98. The van der Waals surface area contributed by atoms with E-state index in [1.165, 1.54) is 6.42 Å². The van der Waals surface area contributed by atoms with E-state index >= 15 is 0 Å². The SMILES string of the molecule is CC(C)(C)n1nc2c(c1NC(=O)C1CCCCC1)C[S@@](=O)C2.